The summed E-state index contributed by atoms with van der Waals surface area (Å²) >= 11 is 5.45. The Kier molecular flexibility index (Phi) is 3.83. The fourth-order valence-corrected chi connectivity index (χ4v) is 2.95. The topological polar surface area (TPSA) is 27.3 Å². The van der Waals surface area contributed by atoms with Crippen molar-refractivity contribution in [3.8, 4) is 0 Å². The Balaban J connectivity index is 2.22. The van der Waals surface area contributed by atoms with E-state index in [-0.39, 0.29) is 5.66 Å². The molecule has 0 spiro atoms. The highest BCUT2D eigenvalue weighted by molar-refractivity contribution is 7.80. The van der Waals surface area contributed by atoms with E-state index in [9.17, 15) is 0 Å². The summed E-state index contributed by atoms with van der Waals surface area (Å²) in [6.45, 7) is 10.8. The minimum Gasteiger partial charge on any atom is -0.342 e. The van der Waals surface area contributed by atoms with Crippen molar-refractivity contribution in [2.45, 2.75) is 46.7 Å². The lowest BCUT2D eigenvalue weighted by Crippen LogP contribution is -2.49. The average molecular weight is 277 g/mol. The van der Waals surface area contributed by atoms with Gasteiger partial charge in [0.25, 0.3) is 0 Å². The molecule has 4 heteroatoms. The lowest BCUT2D eigenvalue weighted by atomic mass is 10.0. The van der Waals surface area contributed by atoms with Gasteiger partial charge < -0.3 is 5.32 Å². The molecule has 0 aliphatic carbocycles. The molecular weight excluding hydrogens is 254 g/mol. The Morgan fingerprint density at radius 1 is 1.26 bits per heavy atom. The Morgan fingerprint density at radius 2 is 1.95 bits per heavy atom. The van der Waals surface area contributed by atoms with Crippen LogP contribution in [0.3, 0.4) is 0 Å². The van der Waals surface area contributed by atoms with Gasteiger partial charge in [-0.15, -0.1) is 0 Å². The van der Waals surface area contributed by atoms with Gasteiger partial charge in [0.15, 0.2) is 5.11 Å². The quantitative estimate of drug-likeness (QED) is 0.829. The van der Waals surface area contributed by atoms with Crippen LogP contribution in [0.15, 0.2) is 18.2 Å². The third-order valence-electron chi connectivity index (χ3n) is 3.51. The lowest BCUT2D eigenvalue weighted by Gasteiger charge is -2.27. The van der Waals surface area contributed by atoms with Crippen LogP contribution in [0.4, 0.5) is 5.69 Å². The Labute approximate surface area is 121 Å². The van der Waals surface area contributed by atoms with Gasteiger partial charge in [0.05, 0.1) is 5.69 Å². The summed E-state index contributed by atoms with van der Waals surface area (Å²) in [5, 5.41) is 6.11. The number of aryl methyl sites for hydroxylation is 2. The number of nitrogens with zero attached hydrogens (tertiary/aromatic N) is 1. The van der Waals surface area contributed by atoms with Crippen molar-refractivity contribution < 1.29 is 0 Å². The molecule has 1 aromatic carbocycles. The number of hydrazine groups is 1. The number of benzene rings is 1. The fraction of sp³-hybridized carbons (Fsp3) is 0.533. The van der Waals surface area contributed by atoms with Gasteiger partial charge in [0.1, 0.15) is 5.66 Å². The number of hydrogen-bond acceptors (Lipinski definition) is 2. The van der Waals surface area contributed by atoms with E-state index < -0.39 is 0 Å². The Hall–Kier alpha value is -1.13. The summed E-state index contributed by atoms with van der Waals surface area (Å²) < 4.78 is 0. The van der Waals surface area contributed by atoms with Crippen molar-refractivity contribution in [3.05, 3.63) is 29.3 Å². The largest absolute Gasteiger partial charge is 0.342 e. The summed E-state index contributed by atoms with van der Waals surface area (Å²) in [5.74, 6) is 0.604. The molecule has 104 valence electrons. The van der Waals surface area contributed by atoms with Gasteiger partial charge in [-0.05, 0) is 68.6 Å². The zero-order valence-electron chi connectivity index (χ0n) is 12.4. The van der Waals surface area contributed by atoms with E-state index >= 15 is 0 Å². The molecule has 1 atom stereocenters. The number of nitrogens with one attached hydrogen (secondary N) is 2. The first-order valence-electron chi connectivity index (χ1n) is 6.78. The second-order valence-electron chi connectivity index (χ2n) is 6.08. The van der Waals surface area contributed by atoms with Gasteiger partial charge in [-0.3, -0.25) is 5.01 Å². The van der Waals surface area contributed by atoms with E-state index in [0.29, 0.717) is 5.92 Å². The third-order valence-corrected chi connectivity index (χ3v) is 3.79. The van der Waals surface area contributed by atoms with E-state index in [1.54, 1.807) is 0 Å². The molecule has 1 saturated heterocycles. The Morgan fingerprint density at radius 3 is 2.53 bits per heavy atom. The van der Waals surface area contributed by atoms with Crippen LogP contribution in [0.5, 0.6) is 0 Å². The normalized spacial score (nSPS) is 23.1. The molecule has 0 bridgehead atoms. The smallest absolute Gasteiger partial charge is 0.189 e. The van der Waals surface area contributed by atoms with Crippen LogP contribution in [0.25, 0.3) is 0 Å². The standard InChI is InChI=1S/C15H23N3S/c1-10(2)9-15(5)16-14(19)18(17-15)13-7-6-11(3)12(4)8-13/h6-8,10,17H,9H2,1-5H3,(H,16,19). The molecule has 0 aromatic heterocycles. The van der Waals surface area contributed by atoms with Crippen LogP contribution in [0.1, 0.15) is 38.3 Å². The predicted molar refractivity (Wildman–Crippen MR) is 85.1 cm³/mol. The molecule has 1 heterocycles. The zero-order chi connectivity index (χ0) is 14.2. The molecule has 0 radical (unpaired) electrons. The fourth-order valence-electron chi connectivity index (χ4n) is 2.58. The first-order chi connectivity index (χ1) is 8.81. The molecule has 0 amide bonds. The van der Waals surface area contributed by atoms with E-state index in [4.69, 9.17) is 12.2 Å². The number of rotatable bonds is 3. The maximum absolute atomic E-state index is 5.45. The van der Waals surface area contributed by atoms with Gasteiger partial charge >= 0.3 is 0 Å². The lowest BCUT2D eigenvalue weighted by molar-refractivity contribution is 0.303. The summed E-state index contributed by atoms with van der Waals surface area (Å²) in [4.78, 5) is 0. The molecule has 2 rings (SSSR count). The second-order valence-corrected chi connectivity index (χ2v) is 6.46. The van der Waals surface area contributed by atoms with Gasteiger partial charge in [0, 0.05) is 0 Å². The maximum Gasteiger partial charge on any atom is 0.189 e. The van der Waals surface area contributed by atoms with Crippen LogP contribution in [-0.2, 0) is 0 Å². The van der Waals surface area contributed by atoms with E-state index in [2.05, 4.69) is 63.6 Å². The van der Waals surface area contributed by atoms with Gasteiger partial charge in [-0.2, -0.15) is 0 Å². The maximum atomic E-state index is 5.45. The molecule has 19 heavy (non-hydrogen) atoms. The van der Waals surface area contributed by atoms with Crippen LogP contribution in [0, 0.1) is 19.8 Å². The number of hydrogen-bond donors (Lipinski definition) is 2. The summed E-state index contributed by atoms with van der Waals surface area (Å²) in [6, 6.07) is 6.40. The van der Waals surface area contributed by atoms with E-state index in [0.717, 1.165) is 17.2 Å². The van der Waals surface area contributed by atoms with Crippen LogP contribution in [-0.4, -0.2) is 10.8 Å². The highest BCUT2D eigenvalue weighted by Crippen LogP contribution is 2.25. The molecule has 1 unspecified atom stereocenters. The number of thiocarbonyl (C=S) groups is 1. The summed E-state index contributed by atoms with van der Waals surface area (Å²) in [7, 11) is 0. The molecule has 1 aliphatic rings. The summed E-state index contributed by atoms with van der Waals surface area (Å²) in [6.07, 6.45) is 1.02. The zero-order valence-corrected chi connectivity index (χ0v) is 13.2. The highest BCUT2D eigenvalue weighted by Gasteiger charge is 2.36. The van der Waals surface area contributed by atoms with Crippen LogP contribution >= 0.6 is 12.2 Å². The van der Waals surface area contributed by atoms with Gasteiger partial charge in [-0.25, -0.2) is 5.43 Å². The molecule has 2 N–H and O–H groups in total. The van der Waals surface area contributed by atoms with Gasteiger partial charge in [-0.1, -0.05) is 19.9 Å². The SMILES string of the molecule is Cc1ccc(N2NC(C)(CC(C)C)NC2=S)cc1C. The monoisotopic (exact) mass is 277 g/mol. The van der Waals surface area contributed by atoms with Crippen LogP contribution in [0.2, 0.25) is 0 Å². The summed E-state index contributed by atoms with van der Waals surface area (Å²) in [5.41, 5.74) is 7.00. The molecule has 3 nitrogen and oxygen atoms in total. The molecule has 1 fully saturated rings. The van der Waals surface area contributed by atoms with Crippen molar-refractivity contribution in [1.82, 2.24) is 10.7 Å². The first-order valence-corrected chi connectivity index (χ1v) is 7.19. The average Bonchev–Trinajstić information content (AvgIpc) is 2.57. The van der Waals surface area contributed by atoms with Gasteiger partial charge in [0.2, 0.25) is 0 Å². The minimum absolute atomic E-state index is 0.163. The third kappa shape index (κ3) is 3.07. The van der Waals surface area contributed by atoms with Crippen molar-refractivity contribution in [1.29, 1.82) is 0 Å². The van der Waals surface area contributed by atoms with Crippen molar-refractivity contribution in [3.63, 3.8) is 0 Å². The predicted octanol–water partition coefficient (Wildman–Crippen LogP) is 3.26. The van der Waals surface area contributed by atoms with E-state index in [1.165, 1.54) is 11.1 Å². The van der Waals surface area contributed by atoms with Crippen molar-refractivity contribution in [2.24, 2.45) is 5.92 Å². The Bertz CT molecular complexity index is 498. The molecule has 1 aliphatic heterocycles. The minimum atomic E-state index is -0.163. The van der Waals surface area contributed by atoms with Crippen LogP contribution < -0.4 is 15.8 Å². The first kappa shape index (κ1) is 14.3. The molecule has 0 saturated carbocycles. The van der Waals surface area contributed by atoms with E-state index in [1.807, 2.05) is 5.01 Å². The second kappa shape index (κ2) is 5.10. The highest BCUT2D eigenvalue weighted by atomic mass is 32.1. The molecule has 1 aromatic rings. The number of anilines is 1. The van der Waals surface area contributed by atoms with Crippen molar-refractivity contribution in [2.75, 3.05) is 5.01 Å². The van der Waals surface area contributed by atoms with Crippen molar-refractivity contribution >= 4 is 23.0 Å². The molecular formula is C15H23N3S.